The van der Waals surface area contributed by atoms with Crippen molar-refractivity contribution >= 4 is 23.3 Å². The van der Waals surface area contributed by atoms with Crippen LogP contribution in [0.15, 0.2) is 17.5 Å². The van der Waals surface area contributed by atoms with Crippen LogP contribution in [0, 0.1) is 0 Å². The van der Waals surface area contributed by atoms with Crippen LogP contribution in [0.5, 0.6) is 0 Å². The van der Waals surface area contributed by atoms with Crippen molar-refractivity contribution in [2.24, 2.45) is 0 Å². The highest BCUT2D eigenvalue weighted by Gasteiger charge is 2.43. The number of thiophene rings is 1. The van der Waals surface area contributed by atoms with Crippen molar-refractivity contribution < 1.29 is 9.59 Å². The standard InChI is InChI=1S/C16H23N3O2S/c1-16(2)14(20)19(15(21)17-16)10-5-9-18-8-3-6-12(18)13-7-4-11-22-13/h4,7,11-12H,3,5-6,8-10H2,1-2H3,(H,17,21)/t12-/m1/s1. The molecule has 120 valence electrons. The minimum atomic E-state index is -0.760. The first-order valence-corrected chi connectivity index (χ1v) is 8.78. The lowest BCUT2D eigenvalue weighted by atomic mass is 10.1. The summed E-state index contributed by atoms with van der Waals surface area (Å²) in [5, 5.41) is 4.85. The van der Waals surface area contributed by atoms with Crippen molar-refractivity contribution in [3.8, 4) is 0 Å². The molecule has 22 heavy (non-hydrogen) atoms. The Hall–Kier alpha value is -1.40. The molecule has 1 N–H and O–H groups in total. The molecule has 3 rings (SSSR count). The van der Waals surface area contributed by atoms with Crippen LogP contribution in [0.4, 0.5) is 4.79 Å². The van der Waals surface area contributed by atoms with E-state index in [1.165, 1.54) is 22.6 Å². The van der Waals surface area contributed by atoms with Crippen molar-refractivity contribution in [1.29, 1.82) is 0 Å². The Kier molecular flexibility index (Phi) is 4.23. The number of nitrogens with zero attached hydrogens (tertiary/aromatic N) is 2. The zero-order valence-electron chi connectivity index (χ0n) is 13.2. The van der Waals surface area contributed by atoms with Gasteiger partial charge in [-0.05, 0) is 51.1 Å². The van der Waals surface area contributed by atoms with E-state index in [2.05, 4.69) is 27.7 Å². The first-order valence-electron chi connectivity index (χ1n) is 7.90. The Morgan fingerprint density at radius 2 is 2.18 bits per heavy atom. The SMILES string of the molecule is CC1(C)NC(=O)N(CCCN2CCC[C@@H]2c2cccs2)C1=O. The van der Waals surface area contributed by atoms with E-state index in [9.17, 15) is 9.59 Å². The maximum atomic E-state index is 12.1. The van der Waals surface area contributed by atoms with E-state index in [1.54, 1.807) is 13.8 Å². The van der Waals surface area contributed by atoms with Gasteiger partial charge in [-0.1, -0.05) is 6.07 Å². The molecule has 3 amide bonds. The molecule has 0 aromatic carbocycles. The molecule has 0 saturated carbocycles. The molecule has 5 nitrogen and oxygen atoms in total. The van der Waals surface area contributed by atoms with E-state index >= 15 is 0 Å². The van der Waals surface area contributed by atoms with E-state index < -0.39 is 5.54 Å². The summed E-state index contributed by atoms with van der Waals surface area (Å²) < 4.78 is 0. The van der Waals surface area contributed by atoms with Crippen LogP contribution in [-0.2, 0) is 4.79 Å². The molecular formula is C16H23N3O2S. The van der Waals surface area contributed by atoms with Crippen molar-refractivity contribution in [3.05, 3.63) is 22.4 Å². The number of imide groups is 1. The van der Waals surface area contributed by atoms with Crippen molar-refractivity contribution in [2.75, 3.05) is 19.6 Å². The number of nitrogens with one attached hydrogen (secondary N) is 1. The molecule has 0 spiro atoms. The zero-order valence-corrected chi connectivity index (χ0v) is 14.0. The number of carbonyl (C=O) groups is 2. The van der Waals surface area contributed by atoms with E-state index in [-0.39, 0.29) is 11.9 Å². The van der Waals surface area contributed by atoms with Crippen LogP contribution in [0.1, 0.15) is 44.0 Å². The highest BCUT2D eigenvalue weighted by Crippen LogP contribution is 2.34. The molecule has 2 fully saturated rings. The summed E-state index contributed by atoms with van der Waals surface area (Å²) in [5.41, 5.74) is -0.760. The zero-order chi connectivity index (χ0) is 15.7. The molecule has 1 aromatic rings. The Balaban J connectivity index is 1.53. The molecule has 1 atom stereocenters. The number of amides is 3. The summed E-state index contributed by atoms with van der Waals surface area (Å²) in [6, 6.07) is 4.56. The Labute approximate surface area is 135 Å². The first kappa shape index (κ1) is 15.5. The number of urea groups is 1. The van der Waals surface area contributed by atoms with Crippen molar-refractivity contribution in [1.82, 2.24) is 15.1 Å². The van der Waals surface area contributed by atoms with Gasteiger partial charge in [-0.3, -0.25) is 14.6 Å². The topological polar surface area (TPSA) is 52.7 Å². The smallest absolute Gasteiger partial charge is 0.324 e. The molecule has 0 aliphatic carbocycles. The molecule has 0 radical (unpaired) electrons. The maximum absolute atomic E-state index is 12.1. The summed E-state index contributed by atoms with van der Waals surface area (Å²) >= 11 is 1.81. The molecule has 1 aromatic heterocycles. The summed E-state index contributed by atoms with van der Waals surface area (Å²) in [5.74, 6) is -0.117. The Morgan fingerprint density at radius 3 is 2.82 bits per heavy atom. The van der Waals surface area contributed by atoms with E-state index in [4.69, 9.17) is 0 Å². The van der Waals surface area contributed by atoms with Crippen LogP contribution >= 0.6 is 11.3 Å². The molecular weight excluding hydrogens is 298 g/mol. The van der Waals surface area contributed by atoms with Gasteiger partial charge in [0.1, 0.15) is 5.54 Å². The van der Waals surface area contributed by atoms with Gasteiger partial charge in [-0.2, -0.15) is 0 Å². The predicted octanol–water partition coefficient (Wildman–Crippen LogP) is 2.61. The second kappa shape index (κ2) is 6.01. The average Bonchev–Trinajstić information content (AvgIpc) is 3.15. The lowest BCUT2D eigenvalue weighted by Crippen LogP contribution is -2.40. The third-order valence-electron chi connectivity index (χ3n) is 4.51. The van der Waals surface area contributed by atoms with Gasteiger partial charge in [0.05, 0.1) is 0 Å². The van der Waals surface area contributed by atoms with Crippen LogP contribution < -0.4 is 5.32 Å². The Bertz CT molecular complexity index is 556. The van der Waals surface area contributed by atoms with Gasteiger partial charge in [0.15, 0.2) is 0 Å². The maximum Gasteiger partial charge on any atom is 0.325 e. The Morgan fingerprint density at radius 1 is 1.36 bits per heavy atom. The summed E-state index contributed by atoms with van der Waals surface area (Å²) in [7, 11) is 0. The largest absolute Gasteiger partial charge is 0.325 e. The first-order chi connectivity index (χ1) is 10.5. The molecule has 6 heteroatoms. The fourth-order valence-electron chi connectivity index (χ4n) is 3.35. The normalized spacial score (nSPS) is 25.0. The van der Waals surface area contributed by atoms with Crippen molar-refractivity contribution in [3.63, 3.8) is 0 Å². The van der Waals surface area contributed by atoms with E-state index in [0.717, 1.165) is 19.5 Å². The molecule has 0 unspecified atom stereocenters. The highest BCUT2D eigenvalue weighted by atomic mass is 32.1. The van der Waals surface area contributed by atoms with E-state index in [0.29, 0.717) is 12.6 Å². The van der Waals surface area contributed by atoms with Crippen molar-refractivity contribution in [2.45, 2.75) is 44.7 Å². The number of hydrogen-bond donors (Lipinski definition) is 1. The summed E-state index contributed by atoms with van der Waals surface area (Å²) in [6.07, 6.45) is 3.26. The fourth-order valence-corrected chi connectivity index (χ4v) is 4.25. The number of rotatable bonds is 5. The second-order valence-corrected chi connectivity index (χ2v) is 7.55. The predicted molar refractivity (Wildman–Crippen MR) is 86.8 cm³/mol. The molecule has 3 heterocycles. The van der Waals surface area contributed by atoms with Gasteiger partial charge in [0.2, 0.25) is 0 Å². The number of likely N-dealkylation sites (tertiary alicyclic amines) is 1. The van der Waals surface area contributed by atoms with Gasteiger partial charge < -0.3 is 5.32 Å². The average molecular weight is 321 g/mol. The number of carbonyl (C=O) groups excluding carboxylic acids is 2. The third kappa shape index (κ3) is 2.90. The fraction of sp³-hybridized carbons (Fsp3) is 0.625. The molecule has 2 aliphatic heterocycles. The van der Waals surface area contributed by atoms with Gasteiger partial charge in [-0.15, -0.1) is 11.3 Å². The molecule has 0 bridgehead atoms. The third-order valence-corrected chi connectivity index (χ3v) is 5.48. The van der Waals surface area contributed by atoms with Crippen LogP contribution in [0.25, 0.3) is 0 Å². The van der Waals surface area contributed by atoms with Crippen LogP contribution in [-0.4, -0.2) is 46.9 Å². The number of hydrogen-bond acceptors (Lipinski definition) is 4. The molecule has 2 saturated heterocycles. The summed E-state index contributed by atoms with van der Waals surface area (Å²) in [4.78, 5) is 29.3. The summed E-state index contributed by atoms with van der Waals surface area (Å²) in [6.45, 7) is 6.04. The molecule has 2 aliphatic rings. The monoisotopic (exact) mass is 321 g/mol. The van der Waals surface area contributed by atoms with E-state index in [1.807, 2.05) is 11.3 Å². The van der Waals surface area contributed by atoms with Gasteiger partial charge >= 0.3 is 6.03 Å². The van der Waals surface area contributed by atoms with Crippen LogP contribution in [0.2, 0.25) is 0 Å². The van der Waals surface area contributed by atoms with Crippen LogP contribution in [0.3, 0.4) is 0 Å². The lowest BCUT2D eigenvalue weighted by Gasteiger charge is -2.24. The quantitative estimate of drug-likeness (QED) is 0.848. The van der Waals surface area contributed by atoms with Gasteiger partial charge in [-0.25, -0.2) is 4.79 Å². The minimum Gasteiger partial charge on any atom is -0.324 e. The lowest BCUT2D eigenvalue weighted by molar-refractivity contribution is -0.130. The highest BCUT2D eigenvalue weighted by molar-refractivity contribution is 7.10. The minimum absolute atomic E-state index is 0.117. The van der Waals surface area contributed by atoms with Gasteiger partial charge in [0, 0.05) is 24.0 Å². The van der Waals surface area contributed by atoms with Gasteiger partial charge in [0.25, 0.3) is 5.91 Å². The second-order valence-electron chi connectivity index (χ2n) is 6.57.